The summed E-state index contributed by atoms with van der Waals surface area (Å²) in [6.45, 7) is 4.62. The minimum absolute atomic E-state index is 0.0311. The summed E-state index contributed by atoms with van der Waals surface area (Å²) < 4.78 is 22.3. The van der Waals surface area contributed by atoms with E-state index in [0.717, 1.165) is 56.9 Å². The van der Waals surface area contributed by atoms with E-state index in [1.807, 2.05) is 48.5 Å². The molecule has 0 aromatic heterocycles. The molecule has 3 aliphatic carbocycles. The van der Waals surface area contributed by atoms with Crippen LogP contribution in [0.25, 0.3) is 11.1 Å². The Morgan fingerprint density at radius 1 is 0.750 bits per heavy atom. The molecular formula is C43H44N2O7. The molecule has 0 radical (unpaired) electrons. The maximum atomic E-state index is 13.3. The van der Waals surface area contributed by atoms with Crippen molar-refractivity contribution in [3.05, 3.63) is 138 Å². The second-order valence-electron chi connectivity index (χ2n) is 13.7. The number of hydrogen-bond acceptors (Lipinski definition) is 7. The summed E-state index contributed by atoms with van der Waals surface area (Å²) in [5, 5.41) is 5.39. The Labute approximate surface area is 304 Å². The predicted molar refractivity (Wildman–Crippen MR) is 197 cm³/mol. The molecule has 9 heteroatoms. The summed E-state index contributed by atoms with van der Waals surface area (Å²) >= 11 is 0. The third-order valence-electron chi connectivity index (χ3n) is 10.2. The maximum Gasteiger partial charge on any atom is 0.407 e. The molecule has 9 nitrogen and oxygen atoms in total. The van der Waals surface area contributed by atoms with Crippen LogP contribution in [0.5, 0.6) is 5.75 Å². The van der Waals surface area contributed by atoms with Crippen LogP contribution in [0.1, 0.15) is 65.3 Å². The van der Waals surface area contributed by atoms with E-state index in [9.17, 15) is 14.4 Å². The molecule has 268 valence electrons. The smallest absolute Gasteiger partial charge is 0.407 e. The van der Waals surface area contributed by atoms with Crippen LogP contribution in [0.3, 0.4) is 0 Å². The summed E-state index contributed by atoms with van der Waals surface area (Å²) in [5.74, 6) is 2.71. The van der Waals surface area contributed by atoms with E-state index in [1.165, 1.54) is 18.1 Å². The fourth-order valence-electron chi connectivity index (χ4n) is 7.09. The molecule has 0 heterocycles. The Kier molecular flexibility index (Phi) is 10.9. The van der Waals surface area contributed by atoms with Gasteiger partial charge in [0.05, 0.1) is 0 Å². The molecule has 2 N–H and O–H groups in total. The molecule has 0 bridgehead atoms. The second-order valence-corrected chi connectivity index (χ2v) is 13.7. The van der Waals surface area contributed by atoms with E-state index < -0.39 is 24.2 Å². The summed E-state index contributed by atoms with van der Waals surface area (Å²) in [7, 11) is 0. The first kappa shape index (κ1) is 34.9. The molecule has 52 heavy (non-hydrogen) atoms. The van der Waals surface area contributed by atoms with Crippen molar-refractivity contribution < 1.29 is 33.3 Å². The van der Waals surface area contributed by atoms with Crippen molar-refractivity contribution in [3.8, 4) is 16.9 Å². The zero-order valence-corrected chi connectivity index (χ0v) is 29.1. The van der Waals surface area contributed by atoms with E-state index in [-0.39, 0.29) is 25.7 Å². The topological polar surface area (TPSA) is 112 Å². The number of rotatable bonds is 17. The summed E-state index contributed by atoms with van der Waals surface area (Å²) in [4.78, 5) is 38.2. The van der Waals surface area contributed by atoms with Crippen LogP contribution >= 0.6 is 0 Å². The number of nitrogens with one attached hydrogen (secondary N) is 2. The SMILES string of the molecule is C=CCOC(=O)NCCCCC(NC(=O)OCC1c2ccccc2-c2ccccc21)C(=O)OCc1ccc(OCc2ccc(C3C4C[C@H]43)cc2)cc1. The van der Waals surface area contributed by atoms with Gasteiger partial charge in [-0.2, -0.15) is 0 Å². The van der Waals surface area contributed by atoms with Crippen molar-refractivity contribution >= 4 is 18.2 Å². The van der Waals surface area contributed by atoms with Gasteiger partial charge in [0, 0.05) is 12.5 Å². The number of ether oxygens (including phenoxy) is 4. The zero-order chi connectivity index (χ0) is 35.9. The largest absolute Gasteiger partial charge is 0.489 e. The molecule has 2 fully saturated rings. The van der Waals surface area contributed by atoms with Crippen molar-refractivity contribution in [1.82, 2.24) is 10.6 Å². The Morgan fingerprint density at radius 2 is 1.40 bits per heavy atom. The number of carbonyl (C=O) groups excluding carboxylic acids is 3. The van der Waals surface area contributed by atoms with Crippen LogP contribution in [-0.4, -0.2) is 44.0 Å². The predicted octanol–water partition coefficient (Wildman–Crippen LogP) is 8.03. The van der Waals surface area contributed by atoms with Gasteiger partial charge in [-0.3, -0.25) is 0 Å². The summed E-state index contributed by atoms with van der Waals surface area (Å²) in [6.07, 6.45) is 3.04. The summed E-state index contributed by atoms with van der Waals surface area (Å²) in [5.41, 5.74) is 7.81. The van der Waals surface area contributed by atoms with Gasteiger partial charge in [0.15, 0.2) is 0 Å². The number of hydrogen-bond donors (Lipinski definition) is 2. The van der Waals surface area contributed by atoms with Crippen LogP contribution in [0.2, 0.25) is 0 Å². The van der Waals surface area contributed by atoms with Crippen molar-refractivity contribution in [2.45, 2.75) is 56.8 Å². The van der Waals surface area contributed by atoms with Gasteiger partial charge in [0.25, 0.3) is 0 Å². The fraction of sp³-hybridized carbons (Fsp3) is 0.326. The van der Waals surface area contributed by atoms with Crippen LogP contribution in [0.15, 0.2) is 110 Å². The molecule has 4 aromatic rings. The average Bonchev–Trinajstić information content (AvgIpc) is 4.08. The van der Waals surface area contributed by atoms with Gasteiger partial charge in [0.1, 0.15) is 38.2 Å². The van der Waals surface area contributed by atoms with Crippen molar-refractivity contribution in [2.75, 3.05) is 19.8 Å². The number of carbonyl (C=O) groups is 3. The third-order valence-corrected chi connectivity index (χ3v) is 10.2. The van der Waals surface area contributed by atoms with E-state index in [1.54, 1.807) is 0 Å². The van der Waals surface area contributed by atoms with Crippen LogP contribution in [0.4, 0.5) is 9.59 Å². The molecule has 3 aliphatic rings. The van der Waals surface area contributed by atoms with Gasteiger partial charge in [-0.25, -0.2) is 14.4 Å². The normalized spacial score (nSPS) is 18.1. The highest BCUT2D eigenvalue weighted by atomic mass is 16.6. The Morgan fingerprint density at radius 3 is 2.06 bits per heavy atom. The molecule has 4 aromatic carbocycles. The zero-order valence-electron chi connectivity index (χ0n) is 29.1. The number of alkyl carbamates (subject to hydrolysis) is 2. The lowest BCUT2D eigenvalue weighted by molar-refractivity contribution is -0.147. The first-order valence-corrected chi connectivity index (χ1v) is 18.1. The number of benzene rings is 4. The van der Waals surface area contributed by atoms with Gasteiger partial charge in [-0.05, 0) is 94.5 Å². The lowest BCUT2D eigenvalue weighted by Crippen LogP contribution is -2.42. The average molecular weight is 701 g/mol. The van der Waals surface area contributed by atoms with E-state index in [0.29, 0.717) is 32.4 Å². The molecular weight excluding hydrogens is 656 g/mol. The van der Waals surface area contributed by atoms with E-state index >= 15 is 0 Å². The molecule has 7 rings (SSSR count). The third kappa shape index (κ3) is 8.48. The van der Waals surface area contributed by atoms with Gasteiger partial charge >= 0.3 is 18.2 Å². The number of esters is 1. The van der Waals surface area contributed by atoms with E-state index in [2.05, 4.69) is 65.7 Å². The second kappa shape index (κ2) is 16.2. The monoisotopic (exact) mass is 700 g/mol. The quantitative estimate of drug-likeness (QED) is 0.0497. The molecule has 0 aliphatic heterocycles. The van der Waals surface area contributed by atoms with Gasteiger partial charge < -0.3 is 29.6 Å². The first-order valence-electron chi connectivity index (χ1n) is 18.1. The lowest BCUT2D eigenvalue weighted by Gasteiger charge is -2.19. The Hall–Kier alpha value is -5.57. The molecule has 0 saturated heterocycles. The van der Waals surface area contributed by atoms with Gasteiger partial charge in [-0.1, -0.05) is 97.6 Å². The molecule has 4 atom stereocenters. The molecule has 2 amide bonds. The number of amides is 2. The fourth-order valence-corrected chi connectivity index (χ4v) is 7.09. The first-order chi connectivity index (χ1) is 25.5. The Bertz CT molecular complexity index is 1840. The minimum Gasteiger partial charge on any atom is -0.489 e. The van der Waals surface area contributed by atoms with Crippen LogP contribution in [-0.2, 0) is 32.2 Å². The van der Waals surface area contributed by atoms with Crippen LogP contribution < -0.4 is 15.4 Å². The van der Waals surface area contributed by atoms with Crippen molar-refractivity contribution in [2.24, 2.45) is 11.8 Å². The molecule has 2 saturated carbocycles. The standard InChI is InChI=1S/C43H44N2O7/c1-2-23-49-42(47)44-22-8-7-13-39(45-43(48)52-27-38-34-11-5-3-9-32(34)33-10-4-6-12-35(33)38)41(46)51-26-29-16-20-31(21-17-29)50-25-28-14-18-30(19-15-28)40-36-24-37(36)40/h2-6,9-12,14-21,36-40H,1,7-8,13,22-27H2,(H,44,47)(H,45,48)/t36-,37?,39?,40?/m1/s1. The maximum absolute atomic E-state index is 13.3. The highest BCUT2D eigenvalue weighted by molar-refractivity contribution is 5.82. The minimum atomic E-state index is -0.942. The lowest BCUT2D eigenvalue weighted by atomic mass is 9.98. The van der Waals surface area contributed by atoms with Gasteiger partial charge in [0.2, 0.25) is 0 Å². The molecule has 3 unspecified atom stereocenters. The van der Waals surface area contributed by atoms with Crippen LogP contribution in [0, 0.1) is 11.8 Å². The van der Waals surface area contributed by atoms with Crippen molar-refractivity contribution in [1.29, 1.82) is 0 Å². The Balaban J connectivity index is 0.903. The van der Waals surface area contributed by atoms with Crippen molar-refractivity contribution in [3.63, 3.8) is 0 Å². The van der Waals surface area contributed by atoms with Gasteiger partial charge in [-0.15, -0.1) is 0 Å². The number of fused-ring (bicyclic) bond motifs is 4. The number of unbranched alkanes of at least 4 members (excludes halogenated alkanes) is 1. The molecule has 0 spiro atoms. The highest BCUT2D eigenvalue weighted by Gasteiger charge is 2.64. The highest BCUT2D eigenvalue weighted by Crippen LogP contribution is 2.73. The summed E-state index contributed by atoms with van der Waals surface area (Å²) in [6, 6.07) is 31.4. The van der Waals surface area contributed by atoms with E-state index in [4.69, 9.17) is 18.9 Å².